The quantitative estimate of drug-likeness (QED) is 0.587. The molecule has 0 aromatic rings. The lowest BCUT2D eigenvalue weighted by Gasteiger charge is -2.38. The Balaban J connectivity index is 1.63. The first-order chi connectivity index (χ1) is 9.27. The maximum atomic E-state index is 12.4. The Hall–Kier alpha value is -0.570. The van der Waals surface area contributed by atoms with Crippen molar-refractivity contribution >= 4 is 5.97 Å². The summed E-state index contributed by atoms with van der Waals surface area (Å²) in [5.41, 5.74) is 0.515. The fourth-order valence-electron chi connectivity index (χ4n) is 5.07. The maximum absolute atomic E-state index is 12.4. The number of nitrogens with zero attached hydrogens (tertiary/aromatic N) is 1. The number of quaternary nitrogens is 1. The van der Waals surface area contributed by atoms with Crippen LogP contribution in [0.4, 0.5) is 0 Å². The monoisotopic (exact) mass is 280 g/mol. The van der Waals surface area contributed by atoms with Gasteiger partial charge < -0.3 is 9.22 Å². The third kappa shape index (κ3) is 2.01. The number of rotatable bonds is 3. The van der Waals surface area contributed by atoms with Crippen LogP contribution in [0.15, 0.2) is 0 Å². The van der Waals surface area contributed by atoms with Gasteiger partial charge in [0.2, 0.25) is 0 Å². The molecule has 3 atom stereocenters. The van der Waals surface area contributed by atoms with Gasteiger partial charge in [-0.05, 0) is 30.6 Å². The molecule has 3 fully saturated rings. The fourth-order valence-corrected chi connectivity index (χ4v) is 5.07. The lowest BCUT2D eigenvalue weighted by molar-refractivity contribution is -0.890. The molecule has 1 aliphatic heterocycles. The lowest BCUT2D eigenvalue weighted by atomic mass is 9.70. The molecule has 0 aromatic heterocycles. The second kappa shape index (κ2) is 4.46. The predicted molar refractivity (Wildman–Crippen MR) is 79.1 cm³/mol. The Morgan fingerprint density at radius 1 is 1.25 bits per heavy atom. The van der Waals surface area contributed by atoms with Gasteiger partial charge in [0.15, 0.2) is 6.54 Å². The van der Waals surface area contributed by atoms with Crippen molar-refractivity contribution in [3.05, 3.63) is 0 Å². The van der Waals surface area contributed by atoms with E-state index in [2.05, 4.69) is 27.8 Å². The summed E-state index contributed by atoms with van der Waals surface area (Å²) in [6.07, 6.45) is 6.26. The molecule has 20 heavy (non-hydrogen) atoms. The summed E-state index contributed by atoms with van der Waals surface area (Å²) in [4.78, 5) is 12.4. The molecule has 0 spiro atoms. The van der Waals surface area contributed by atoms with E-state index in [1.807, 2.05) is 0 Å². The number of fused-ring (bicyclic) bond motifs is 2. The van der Waals surface area contributed by atoms with Crippen molar-refractivity contribution in [2.45, 2.75) is 59.0 Å². The van der Waals surface area contributed by atoms with Crippen molar-refractivity contribution in [3.63, 3.8) is 0 Å². The van der Waals surface area contributed by atoms with Crippen LogP contribution in [-0.2, 0) is 9.53 Å². The summed E-state index contributed by atoms with van der Waals surface area (Å²) < 4.78 is 6.84. The van der Waals surface area contributed by atoms with Gasteiger partial charge in [-0.1, -0.05) is 20.8 Å². The summed E-state index contributed by atoms with van der Waals surface area (Å²) >= 11 is 0. The Kier molecular flexibility index (Phi) is 3.20. The molecule has 3 aliphatic rings. The Labute approximate surface area is 123 Å². The highest BCUT2D eigenvalue weighted by Gasteiger charge is 2.63. The third-order valence-corrected chi connectivity index (χ3v) is 7.14. The molecule has 2 aliphatic carbocycles. The second-order valence-corrected chi connectivity index (χ2v) is 8.52. The molecule has 0 N–H and O–H groups in total. The molecule has 3 rings (SSSR count). The molecule has 3 heteroatoms. The SMILES string of the molecule is CC1(C)C2CCC1(C)C(OC(=O)C[N+]1(C)CCCC1)C2. The van der Waals surface area contributed by atoms with Crippen molar-refractivity contribution in [2.75, 3.05) is 26.7 Å². The first-order valence-corrected chi connectivity index (χ1v) is 8.30. The van der Waals surface area contributed by atoms with E-state index in [0.29, 0.717) is 12.0 Å². The molecule has 1 heterocycles. The van der Waals surface area contributed by atoms with Crippen LogP contribution in [0.1, 0.15) is 52.9 Å². The summed E-state index contributed by atoms with van der Waals surface area (Å²) in [6.45, 7) is 9.90. The largest absolute Gasteiger partial charge is 0.458 e. The predicted octanol–water partition coefficient (Wildman–Crippen LogP) is 2.98. The van der Waals surface area contributed by atoms with E-state index in [1.54, 1.807) is 0 Å². The fraction of sp³-hybridized carbons (Fsp3) is 0.941. The van der Waals surface area contributed by atoms with E-state index in [4.69, 9.17) is 4.74 Å². The molecule has 0 amide bonds. The second-order valence-electron chi connectivity index (χ2n) is 8.52. The minimum absolute atomic E-state index is 0.0315. The molecule has 0 radical (unpaired) electrons. The van der Waals surface area contributed by atoms with Crippen molar-refractivity contribution < 1.29 is 14.0 Å². The highest BCUT2D eigenvalue weighted by atomic mass is 16.5. The Morgan fingerprint density at radius 3 is 2.40 bits per heavy atom. The molecular weight excluding hydrogens is 250 g/mol. The highest BCUT2D eigenvalue weighted by Crippen LogP contribution is 2.66. The molecule has 2 saturated carbocycles. The number of likely N-dealkylation sites (N-methyl/N-ethyl adjacent to an activating group) is 1. The van der Waals surface area contributed by atoms with Crippen LogP contribution in [0.3, 0.4) is 0 Å². The number of likely N-dealkylation sites (tertiary alicyclic amines) is 1. The van der Waals surface area contributed by atoms with Crippen LogP contribution in [-0.4, -0.2) is 43.2 Å². The van der Waals surface area contributed by atoms with Gasteiger partial charge in [-0.2, -0.15) is 0 Å². The molecule has 114 valence electrons. The van der Waals surface area contributed by atoms with Crippen LogP contribution in [0, 0.1) is 16.7 Å². The maximum Gasteiger partial charge on any atom is 0.362 e. The van der Waals surface area contributed by atoms with E-state index in [0.717, 1.165) is 29.9 Å². The topological polar surface area (TPSA) is 26.3 Å². The average Bonchev–Trinajstić information content (AvgIpc) is 2.91. The Bertz CT molecular complexity index is 411. The van der Waals surface area contributed by atoms with E-state index < -0.39 is 0 Å². The van der Waals surface area contributed by atoms with Crippen LogP contribution in [0.2, 0.25) is 0 Å². The zero-order valence-electron chi connectivity index (χ0n) is 13.6. The Morgan fingerprint density at radius 2 is 1.90 bits per heavy atom. The van der Waals surface area contributed by atoms with Gasteiger partial charge in [0.05, 0.1) is 20.1 Å². The van der Waals surface area contributed by atoms with Crippen molar-refractivity contribution in [1.29, 1.82) is 0 Å². The number of ether oxygens (including phenoxy) is 1. The average molecular weight is 280 g/mol. The van der Waals surface area contributed by atoms with Crippen LogP contribution < -0.4 is 0 Å². The lowest BCUT2D eigenvalue weighted by Crippen LogP contribution is -2.47. The van der Waals surface area contributed by atoms with Crippen molar-refractivity contribution in [1.82, 2.24) is 0 Å². The highest BCUT2D eigenvalue weighted by molar-refractivity contribution is 5.71. The molecule has 3 unspecified atom stereocenters. The number of esters is 1. The van der Waals surface area contributed by atoms with E-state index in [1.165, 1.54) is 25.7 Å². The summed E-state index contributed by atoms with van der Waals surface area (Å²) in [5, 5.41) is 0. The molecule has 3 nitrogen and oxygen atoms in total. The molecule has 0 aromatic carbocycles. The summed E-state index contributed by atoms with van der Waals surface area (Å²) in [6, 6.07) is 0. The summed E-state index contributed by atoms with van der Waals surface area (Å²) in [7, 11) is 2.20. The van der Waals surface area contributed by atoms with E-state index in [-0.39, 0.29) is 17.5 Å². The number of carbonyl (C=O) groups is 1. The third-order valence-electron chi connectivity index (χ3n) is 7.14. The smallest absolute Gasteiger partial charge is 0.362 e. The van der Waals surface area contributed by atoms with Gasteiger partial charge in [0.1, 0.15) is 6.10 Å². The van der Waals surface area contributed by atoms with Gasteiger partial charge in [-0.3, -0.25) is 0 Å². The molecule has 1 saturated heterocycles. The van der Waals surface area contributed by atoms with Crippen LogP contribution >= 0.6 is 0 Å². The van der Waals surface area contributed by atoms with Crippen LogP contribution in [0.25, 0.3) is 0 Å². The zero-order valence-corrected chi connectivity index (χ0v) is 13.6. The van der Waals surface area contributed by atoms with Gasteiger partial charge in [0, 0.05) is 18.3 Å². The van der Waals surface area contributed by atoms with Gasteiger partial charge in [-0.15, -0.1) is 0 Å². The normalized spacial score (nSPS) is 41.0. The minimum atomic E-state index is 0.0315. The standard InChI is InChI=1S/C17H30NO2/c1-16(2)13-7-8-17(16,3)14(11-13)20-15(19)12-18(4)9-5-6-10-18/h13-14H,5-12H2,1-4H3/q+1. The zero-order chi connectivity index (χ0) is 14.6. The van der Waals surface area contributed by atoms with Crippen LogP contribution in [0.5, 0.6) is 0 Å². The number of hydrogen-bond donors (Lipinski definition) is 0. The van der Waals surface area contributed by atoms with Gasteiger partial charge in [0.25, 0.3) is 0 Å². The number of hydrogen-bond acceptors (Lipinski definition) is 2. The minimum Gasteiger partial charge on any atom is -0.458 e. The first-order valence-electron chi connectivity index (χ1n) is 8.30. The first kappa shape index (κ1) is 14.4. The van der Waals surface area contributed by atoms with E-state index in [9.17, 15) is 4.79 Å². The molecular formula is C17H30NO2+. The van der Waals surface area contributed by atoms with E-state index >= 15 is 0 Å². The molecule has 2 bridgehead atoms. The van der Waals surface area contributed by atoms with Crippen molar-refractivity contribution in [3.8, 4) is 0 Å². The van der Waals surface area contributed by atoms with Gasteiger partial charge in [-0.25, -0.2) is 4.79 Å². The summed E-state index contributed by atoms with van der Waals surface area (Å²) in [5.74, 6) is 0.769. The van der Waals surface area contributed by atoms with Crippen molar-refractivity contribution in [2.24, 2.45) is 16.7 Å². The number of carbonyl (C=O) groups excluding carboxylic acids is 1. The van der Waals surface area contributed by atoms with Gasteiger partial charge >= 0.3 is 5.97 Å².